The Morgan fingerprint density at radius 2 is 2.04 bits per heavy atom. The van der Waals surface area contributed by atoms with Crippen molar-refractivity contribution in [3.63, 3.8) is 0 Å². The molecule has 2 N–H and O–H groups in total. The van der Waals surface area contributed by atoms with Crippen molar-refractivity contribution in [2.75, 3.05) is 13.2 Å². The average Bonchev–Trinajstić information content (AvgIpc) is 3.00. The lowest BCUT2D eigenvalue weighted by Crippen LogP contribution is -2.44. The SMILES string of the molecule is CCOC(=O)NC(CNC(=O)CCCc1nc(CC)no1)CC(C)C. The van der Waals surface area contributed by atoms with Gasteiger partial charge < -0.3 is 19.9 Å². The van der Waals surface area contributed by atoms with Crippen molar-refractivity contribution >= 4 is 12.0 Å². The summed E-state index contributed by atoms with van der Waals surface area (Å²) >= 11 is 0. The summed E-state index contributed by atoms with van der Waals surface area (Å²) in [7, 11) is 0. The fraction of sp³-hybridized carbons (Fsp3) is 0.765. The van der Waals surface area contributed by atoms with E-state index in [0.717, 1.165) is 12.8 Å². The maximum absolute atomic E-state index is 12.0. The van der Waals surface area contributed by atoms with Crippen molar-refractivity contribution in [1.82, 2.24) is 20.8 Å². The number of ether oxygens (including phenoxy) is 1. The van der Waals surface area contributed by atoms with E-state index in [9.17, 15) is 9.59 Å². The van der Waals surface area contributed by atoms with Crippen LogP contribution in [0.15, 0.2) is 4.52 Å². The van der Waals surface area contributed by atoms with E-state index >= 15 is 0 Å². The quantitative estimate of drug-likeness (QED) is 0.631. The molecule has 0 aliphatic heterocycles. The zero-order valence-corrected chi connectivity index (χ0v) is 15.6. The van der Waals surface area contributed by atoms with Gasteiger partial charge in [-0.05, 0) is 25.7 Å². The van der Waals surface area contributed by atoms with Crippen molar-refractivity contribution < 1.29 is 18.8 Å². The van der Waals surface area contributed by atoms with E-state index < -0.39 is 6.09 Å². The normalized spacial score (nSPS) is 12.0. The molecule has 142 valence electrons. The third-order valence-electron chi connectivity index (χ3n) is 3.52. The Kier molecular flexibility index (Phi) is 9.57. The van der Waals surface area contributed by atoms with Gasteiger partial charge in [-0.2, -0.15) is 4.98 Å². The predicted molar refractivity (Wildman–Crippen MR) is 93.0 cm³/mol. The number of hydrogen-bond acceptors (Lipinski definition) is 6. The number of nitrogens with zero attached hydrogens (tertiary/aromatic N) is 2. The minimum atomic E-state index is -0.453. The second kappa shape index (κ2) is 11.4. The largest absolute Gasteiger partial charge is 0.450 e. The van der Waals surface area contributed by atoms with Crippen LogP contribution in [-0.2, 0) is 22.4 Å². The predicted octanol–water partition coefficient (Wildman–Crippen LogP) is 2.23. The van der Waals surface area contributed by atoms with Gasteiger partial charge in [0.05, 0.1) is 6.61 Å². The molecule has 25 heavy (non-hydrogen) atoms. The molecule has 0 bridgehead atoms. The molecule has 0 spiro atoms. The molecular formula is C17H30N4O4. The van der Waals surface area contributed by atoms with Gasteiger partial charge in [-0.25, -0.2) is 4.79 Å². The summed E-state index contributed by atoms with van der Waals surface area (Å²) in [4.78, 5) is 27.8. The molecule has 1 unspecified atom stereocenters. The molecule has 1 heterocycles. The Labute approximate surface area is 149 Å². The molecule has 1 aromatic rings. The van der Waals surface area contributed by atoms with E-state index in [1.54, 1.807) is 6.92 Å². The maximum atomic E-state index is 12.0. The number of carbonyl (C=O) groups excluding carboxylic acids is 2. The number of hydrogen-bond donors (Lipinski definition) is 2. The zero-order chi connectivity index (χ0) is 18.7. The Hall–Kier alpha value is -2.12. The summed E-state index contributed by atoms with van der Waals surface area (Å²) < 4.78 is 9.99. The van der Waals surface area contributed by atoms with Gasteiger partial charge in [-0.3, -0.25) is 4.79 Å². The molecular weight excluding hydrogens is 324 g/mol. The van der Waals surface area contributed by atoms with E-state index in [-0.39, 0.29) is 11.9 Å². The minimum Gasteiger partial charge on any atom is -0.450 e. The van der Waals surface area contributed by atoms with Crippen LogP contribution in [-0.4, -0.2) is 41.3 Å². The van der Waals surface area contributed by atoms with Gasteiger partial charge in [-0.15, -0.1) is 0 Å². The lowest BCUT2D eigenvalue weighted by molar-refractivity contribution is -0.121. The van der Waals surface area contributed by atoms with Crippen LogP contribution in [0.2, 0.25) is 0 Å². The van der Waals surface area contributed by atoms with E-state index in [1.165, 1.54) is 0 Å². The van der Waals surface area contributed by atoms with Gasteiger partial charge in [0.25, 0.3) is 0 Å². The number of amides is 2. The lowest BCUT2D eigenvalue weighted by atomic mass is 10.0. The molecule has 1 aromatic heterocycles. The Morgan fingerprint density at radius 1 is 1.28 bits per heavy atom. The third-order valence-corrected chi connectivity index (χ3v) is 3.52. The van der Waals surface area contributed by atoms with Crippen molar-refractivity contribution in [2.24, 2.45) is 5.92 Å². The average molecular weight is 354 g/mol. The van der Waals surface area contributed by atoms with Crippen LogP contribution >= 0.6 is 0 Å². The first-order valence-corrected chi connectivity index (χ1v) is 8.96. The smallest absolute Gasteiger partial charge is 0.407 e. The van der Waals surface area contributed by atoms with Crippen molar-refractivity contribution in [3.05, 3.63) is 11.7 Å². The van der Waals surface area contributed by atoms with Gasteiger partial charge in [0, 0.05) is 31.8 Å². The Bertz CT molecular complexity index is 530. The van der Waals surface area contributed by atoms with E-state index in [2.05, 4.69) is 34.6 Å². The maximum Gasteiger partial charge on any atom is 0.407 e. The summed E-state index contributed by atoms with van der Waals surface area (Å²) in [5.74, 6) is 1.58. The number of aromatic nitrogens is 2. The first-order valence-electron chi connectivity index (χ1n) is 8.96. The van der Waals surface area contributed by atoms with Crippen LogP contribution in [0.1, 0.15) is 58.7 Å². The lowest BCUT2D eigenvalue weighted by Gasteiger charge is -2.20. The highest BCUT2D eigenvalue weighted by molar-refractivity contribution is 5.76. The fourth-order valence-electron chi connectivity index (χ4n) is 2.36. The zero-order valence-electron chi connectivity index (χ0n) is 15.6. The first kappa shape index (κ1) is 20.9. The third kappa shape index (κ3) is 9.07. The van der Waals surface area contributed by atoms with E-state index in [0.29, 0.717) is 50.0 Å². The second-order valence-electron chi connectivity index (χ2n) is 6.31. The number of aryl methyl sites for hydroxylation is 2. The molecule has 1 atom stereocenters. The van der Waals surface area contributed by atoms with Crippen molar-refractivity contribution in [2.45, 2.75) is 65.8 Å². The fourth-order valence-corrected chi connectivity index (χ4v) is 2.36. The minimum absolute atomic E-state index is 0.0605. The molecule has 0 fully saturated rings. The van der Waals surface area contributed by atoms with E-state index in [1.807, 2.05) is 6.92 Å². The molecule has 0 saturated carbocycles. The summed E-state index contributed by atoms with van der Waals surface area (Å²) in [6, 6.07) is -0.147. The second-order valence-corrected chi connectivity index (χ2v) is 6.31. The highest BCUT2D eigenvalue weighted by Crippen LogP contribution is 2.06. The highest BCUT2D eigenvalue weighted by Gasteiger charge is 2.16. The summed E-state index contributed by atoms with van der Waals surface area (Å²) in [5, 5.41) is 9.47. The number of alkyl carbamates (subject to hydrolysis) is 1. The topological polar surface area (TPSA) is 106 Å². The monoisotopic (exact) mass is 354 g/mol. The van der Waals surface area contributed by atoms with Crippen molar-refractivity contribution in [1.29, 1.82) is 0 Å². The standard InChI is InChI=1S/C17H30N4O4/c1-5-14-20-16(25-21-14)9-7-8-15(22)18-11-13(10-12(3)4)19-17(23)24-6-2/h12-13H,5-11H2,1-4H3,(H,18,22)(H,19,23). The first-order chi connectivity index (χ1) is 11.9. The van der Waals surface area contributed by atoms with Crippen LogP contribution in [0.3, 0.4) is 0 Å². The van der Waals surface area contributed by atoms with Gasteiger partial charge in [-0.1, -0.05) is 25.9 Å². The number of rotatable bonds is 11. The van der Waals surface area contributed by atoms with Crippen LogP contribution < -0.4 is 10.6 Å². The van der Waals surface area contributed by atoms with Crippen LogP contribution in [0.5, 0.6) is 0 Å². The molecule has 1 rings (SSSR count). The van der Waals surface area contributed by atoms with Gasteiger partial charge >= 0.3 is 6.09 Å². The summed E-state index contributed by atoms with van der Waals surface area (Å²) in [5.41, 5.74) is 0. The number of carbonyl (C=O) groups is 2. The van der Waals surface area contributed by atoms with Gasteiger partial charge in [0.1, 0.15) is 0 Å². The van der Waals surface area contributed by atoms with Gasteiger partial charge in [0.2, 0.25) is 11.8 Å². The molecule has 0 aliphatic carbocycles. The van der Waals surface area contributed by atoms with Crippen LogP contribution in [0.25, 0.3) is 0 Å². The van der Waals surface area contributed by atoms with E-state index in [4.69, 9.17) is 9.26 Å². The molecule has 0 aliphatic rings. The molecule has 8 nitrogen and oxygen atoms in total. The molecule has 8 heteroatoms. The molecule has 0 radical (unpaired) electrons. The molecule has 2 amide bonds. The summed E-state index contributed by atoms with van der Waals surface area (Å²) in [6.07, 6.45) is 2.63. The van der Waals surface area contributed by atoms with Crippen LogP contribution in [0.4, 0.5) is 4.79 Å². The molecule has 0 saturated heterocycles. The highest BCUT2D eigenvalue weighted by atomic mass is 16.5. The van der Waals surface area contributed by atoms with Crippen LogP contribution in [0, 0.1) is 5.92 Å². The Morgan fingerprint density at radius 3 is 2.64 bits per heavy atom. The number of nitrogens with one attached hydrogen (secondary N) is 2. The molecule has 0 aromatic carbocycles. The Balaban J connectivity index is 2.31. The summed E-state index contributed by atoms with van der Waals surface area (Å²) in [6.45, 7) is 8.55. The van der Waals surface area contributed by atoms with Crippen molar-refractivity contribution in [3.8, 4) is 0 Å². The van der Waals surface area contributed by atoms with Gasteiger partial charge in [0.15, 0.2) is 5.82 Å².